The molecule has 23 heavy (non-hydrogen) atoms. The highest BCUT2D eigenvalue weighted by Crippen LogP contribution is 2.34. The Labute approximate surface area is 133 Å². The Morgan fingerprint density at radius 2 is 1.83 bits per heavy atom. The number of nitrogens with one attached hydrogen (secondary N) is 1. The van der Waals surface area contributed by atoms with Crippen LogP contribution in [0.25, 0.3) is 6.08 Å². The van der Waals surface area contributed by atoms with E-state index in [-0.39, 0.29) is 6.79 Å². The summed E-state index contributed by atoms with van der Waals surface area (Å²) in [5.74, 6) is 1.36. The molecule has 0 aliphatic carbocycles. The number of fused-ring (bicyclic) bond motifs is 1. The van der Waals surface area contributed by atoms with Gasteiger partial charge in [0.2, 0.25) is 6.79 Å². The second-order valence-corrected chi connectivity index (χ2v) is 5.37. The third-order valence-electron chi connectivity index (χ3n) is 3.88. The van der Waals surface area contributed by atoms with Gasteiger partial charge in [-0.25, -0.2) is 0 Å². The summed E-state index contributed by atoms with van der Waals surface area (Å²) < 4.78 is 10.6. The van der Waals surface area contributed by atoms with E-state index in [9.17, 15) is 10.2 Å². The van der Waals surface area contributed by atoms with Crippen molar-refractivity contribution in [3.63, 3.8) is 0 Å². The van der Waals surface area contributed by atoms with E-state index in [2.05, 4.69) is 5.43 Å². The van der Waals surface area contributed by atoms with Crippen molar-refractivity contribution >= 4 is 11.8 Å². The van der Waals surface area contributed by atoms with E-state index in [0.29, 0.717) is 17.1 Å². The van der Waals surface area contributed by atoms with Crippen molar-refractivity contribution in [1.29, 1.82) is 0 Å². The molecule has 118 valence electrons. The molecule has 1 fully saturated rings. The average molecular weight is 312 g/mol. The predicted octanol–water partition coefficient (Wildman–Crippen LogP) is 1.46. The standard InChI is InChI=1S/C17H16N2O4/c20-16-13(8-11-6-7-14-15(9-11)23-10-22-14)17(21)19(18-16)12-4-2-1-3-5-12/h1-9,16-18,20-21H,10H2/t16-,17-/m0/s1. The SMILES string of the molecule is O[C@@H]1NN(c2ccccc2)[C@@H](O)C1=Cc1ccc2c(c1)OCO2. The lowest BCUT2D eigenvalue weighted by molar-refractivity contribution is 0.174. The topological polar surface area (TPSA) is 74.2 Å². The maximum atomic E-state index is 10.5. The molecule has 2 aliphatic heterocycles. The van der Waals surface area contributed by atoms with E-state index in [1.54, 1.807) is 6.08 Å². The van der Waals surface area contributed by atoms with Crippen LogP contribution < -0.4 is 19.9 Å². The molecule has 2 aromatic carbocycles. The maximum Gasteiger partial charge on any atom is 0.231 e. The summed E-state index contributed by atoms with van der Waals surface area (Å²) in [6.45, 7) is 0.212. The normalized spacial score (nSPS) is 24.4. The molecule has 0 aromatic heterocycles. The summed E-state index contributed by atoms with van der Waals surface area (Å²) in [5, 5.41) is 22.2. The molecule has 2 aromatic rings. The lowest BCUT2D eigenvalue weighted by atomic mass is 10.1. The first-order valence-electron chi connectivity index (χ1n) is 7.30. The minimum absolute atomic E-state index is 0.212. The van der Waals surface area contributed by atoms with Crippen molar-refractivity contribution in [3.05, 3.63) is 59.7 Å². The minimum atomic E-state index is -0.962. The third-order valence-corrected chi connectivity index (χ3v) is 3.88. The zero-order valence-electron chi connectivity index (χ0n) is 12.2. The smallest absolute Gasteiger partial charge is 0.231 e. The van der Waals surface area contributed by atoms with Crippen molar-refractivity contribution < 1.29 is 19.7 Å². The Hall–Kier alpha value is -2.54. The van der Waals surface area contributed by atoms with Crippen LogP contribution in [0.5, 0.6) is 11.5 Å². The number of aliphatic hydroxyl groups excluding tert-OH is 2. The fourth-order valence-corrected chi connectivity index (χ4v) is 2.72. The van der Waals surface area contributed by atoms with Gasteiger partial charge in [-0.2, -0.15) is 5.43 Å². The Kier molecular flexibility index (Phi) is 3.42. The Morgan fingerprint density at radius 1 is 1.04 bits per heavy atom. The van der Waals surface area contributed by atoms with Gasteiger partial charge < -0.3 is 19.7 Å². The van der Waals surface area contributed by atoms with Gasteiger partial charge in [0.1, 0.15) is 6.23 Å². The molecule has 0 radical (unpaired) electrons. The van der Waals surface area contributed by atoms with E-state index in [1.165, 1.54) is 5.01 Å². The van der Waals surface area contributed by atoms with Crippen molar-refractivity contribution in [3.8, 4) is 11.5 Å². The number of nitrogens with zero attached hydrogens (tertiary/aromatic N) is 1. The number of benzene rings is 2. The molecule has 2 aliphatic rings. The molecule has 2 heterocycles. The highest BCUT2D eigenvalue weighted by Gasteiger charge is 2.34. The van der Waals surface area contributed by atoms with Gasteiger partial charge in [0.05, 0.1) is 5.69 Å². The van der Waals surface area contributed by atoms with E-state index in [1.807, 2.05) is 48.5 Å². The maximum absolute atomic E-state index is 10.5. The molecule has 0 bridgehead atoms. The van der Waals surface area contributed by atoms with Crippen LogP contribution in [-0.4, -0.2) is 29.5 Å². The summed E-state index contributed by atoms with van der Waals surface area (Å²) in [6.07, 6.45) is -0.179. The van der Waals surface area contributed by atoms with Crippen LogP contribution in [-0.2, 0) is 0 Å². The summed E-state index contributed by atoms with van der Waals surface area (Å²) in [5.41, 5.74) is 4.91. The van der Waals surface area contributed by atoms with Crippen LogP contribution in [0.3, 0.4) is 0 Å². The zero-order valence-corrected chi connectivity index (χ0v) is 12.2. The van der Waals surface area contributed by atoms with Crippen molar-refractivity contribution in [2.75, 3.05) is 11.8 Å². The molecule has 3 N–H and O–H groups in total. The van der Waals surface area contributed by atoms with Crippen LogP contribution in [0.2, 0.25) is 0 Å². The number of hydrogen-bond donors (Lipinski definition) is 3. The highest BCUT2D eigenvalue weighted by molar-refractivity contribution is 5.62. The lowest BCUT2D eigenvalue weighted by Crippen LogP contribution is -2.39. The van der Waals surface area contributed by atoms with Crippen LogP contribution in [0.1, 0.15) is 5.56 Å². The molecule has 0 saturated carbocycles. The van der Waals surface area contributed by atoms with Gasteiger partial charge in [0.15, 0.2) is 17.7 Å². The average Bonchev–Trinajstić information content (AvgIpc) is 3.15. The zero-order chi connectivity index (χ0) is 15.8. The summed E-state index contributed by atoms with van der Waals surface area (Å²) >= 11 is 0. The highest BCUT2D eigenvalue weighted by atomic mass is 16.7. The third kappa shape index (κ3) is 2.53. The van der Waals surface area contributed by atoms with Gasteiger partial charge in [0, 0.05) is 5.57 Å². The molecule has 4 rings (SSSR count). The van der Waals surface area contributed by atoms with Gasteiger partial charge in [-0.1, -0.05) is 24.3 Å². The van der Waals surface area contributed by atoms with Gasteiger partial charge in [0.25, 0.3) is 0 Å². The first-order valence-corrected chi connectivity index (χ1v) is 7.30. The molecule has 6 nitrogen and oxygen atoms in total. The molecule has 6 heteroatoms. The van der Waals surface area contributed by atoms with Gasteiger partial charge in [-0.3, -0.25) is 5.01 Å². The molecule has 0 unspecified atom stereocenters. The van der Waals surface area contributed by atoms with Crippen molar-refractivity contribution in [2.45, 2.75) is 12.5 Å². The van der Waals surface area contributed by atoms with E-state index < -0.39 is 12.5 Å². The van der Waals surface area contributed by atoms with E-state index >= 15 is 0 Å². The number of aliphatic hydroxyl groups is 2. The Bertz CT molecular complexity index is 748. The number of hydrazine groups is 1. The molecule has 0 amide bonds. The van der Waals surface area contributed by atoms with Crippen LogP contribution >= 0.6 is 0 Å². The summed E-state index contributed by atoms with van der Waals surface area (Å²) in [4.78, 5) is 0. The van der Waals surface area contributed by atoms with Gasteiger partial charge >= 0.3 is 0 Å². The summed E-state index contributed by atoms with van der Waals surface area (Å²) in [6, 6.07) is 14.8. The quantitative estimate of drug-likeness (QED) is 0.780. The first kappa shape index (κ1) is 14.1. The molecular formula is C17H16N2O4. The Balaban J connectivity index is 1.63. The Morgan fingerprint density at radius 3 is 2.65 bits per heavy atom. The number of anilines is 1. The first-order chi connectivity index (χ1) is 11.2. The van der Waals surface area contributed by atoms with Gasteiger partial charge in [-0.15, -0.1) is 0 Å². The summed E-state index contributed by atoms with van der Waals surface area (Å²) in [7, 11) is 0. The number of rotatable bonds is 2. The van der Waals surface area contributed by atoms with E-state index in [0.717, 1.165) is 11.3 Å². The van der Waals surface area contributed by atoms with Crippen LogP contribution in [0.4, 0.5) is 5.69 Å². The van der Waals surface area contributed by atoms with Crippen LogP contribution in [0, 0.1) is 0 Å². The molecule has 1 saturated heterocycles. The largest absolute Gasteiger partial charge is 0.454 e. The fraction of sp³-hybridized carbons (Fsp3) is 0.176. The van der Waals surface area contributed by atoms with E-state index in [4.69, 9.17) is 9.47 Å². The number of ether oxygens (including phenoxy) is 2. The number of hydrogen-bond acceptors (Lipinski definition) is 6. The monoisotopic (exact) mass is 312 g/mol. The van der Waals surface area contributed by atoms with Gasteiger partial charge in [-0.05, 0) is 35.9 Å². The lowest BCUT2D eigenvalue weighted by Gasteiger charge is -2.21. The predicted molar refractivity (Wildman–Crippen MR) is 84.6 cm³/mol. The fourth-order valence-electron chi connectivity index (χ4n) is 2.72. The minimum Gasteiger partial charge on any atom is -0.454 e. The number of para-hydroxylation sites is 1. The van der Waals surface area contributed by atoms with Crippen molar-refractivity contribution in [2.24, 2.45) is 0 Å². The second-order valence-electron chi connectivity index (χ2n) is 5.37. The molecule has 0 spiro atoms. The second kappa shape index (κ2) is 5.58. The molecule has 2 atom stereocenters. The van der Waals surface area contributed by atoms with Crippen molar-refractivity contribution in [1.82, 2.24) is 5.43 Å². The van der Waals surface area contributed by atoms with Crippen LogP contribution in [0.15, 0.2) is 54.1 Å². The molecular weight excluding hydrogens is 296 g/mol.